The molecular weight excluding hydrogens is 544 g/mol. The number of hydrogen-bond acceptors (Lipinski definition) is 7. The van der Waals surface area contributed by atoms with Gasteiger partial charge in [-0.05, 0) is 60.1 Å². The molecular formula is C21H22F3IN2O5. The number of epoxide rings is 1. The van der Waals surface area contributed by atoms with Gasteiger partial charge in [0, 0.05) is 15.1 Å². The van der Waals surface area contributed by atoms with Crippen LogP contribution in [-0.4, -0.2) is 47.2 Å². The highest BCUT2D eigenvalue weighted by Crippen LogP contribution is 2.63. The molecule has 2 aromatic carbocycles. The first-order chi connectivity index (χ1) is 15.1. The molecule has 0 aromatic heterocycles. The first kappa shape index (κ1) is 23.4. The van der Waals surface area contributed by atoms with Crippen LogP contribution in [0.25, 0.3) is 0 Å². The fraction of sp³-hybridized carbons (Fsp3) is 0.429. The topological polar surface area (TPSA) is 107 Å². The van der Waals surface area contributed by atoms with Gasteiger partial charge in [0.1, 0.15) is 29.0 Å². The van der Waals surface area contributed by atoms with Crippen LogP contribution < -0.4 is 15.4 Å². The molecule has 32 heavy (non-hydrogen) atoms. The Hall–Kier alpha value is -1.80. The van der Waals surface area contributed by atoms with Crippen LogP contribution in [0.15, 0.2) is 24.3 Å². The maximum absolute atomic E-state index is 14.8. The molecule has 2 unspecified atom stereocenters. The largest absolute Gasteiger partial charge is 0.494 e. The maximum Gasteiger partial charge on any atom is 0.275 e. The number of methoxy groups -OCH3 is 1. The van der Waals surface area contributed by atoms with Crippen molar-refractivity contribution in [3.8, 4) is 5.75 Å². The molecule has 1 aliphatic carbocycles. The van der Waals surface area contributed by atoms with Gasteiger partial charge in [-0.25, -0.2) is 13.2 Å². The van der Waals surface area contributed by atoms with Crippen LogP contribution in [0, 0.1) is 26.4 Å². The predicted octanol–water partition coefficient (Wildman–Crippen LogP) is 3.44. The molecule has 5 N–H and O–H groups in total. The molecule has 11 heteroatoms. The highest BCUT2D eigenvalue weighted by Gasteiger charge is 2.71. The molecule has 1 heterocycles. The van der Waals surface area contributed by atoms with E-state index in [9.17, 15) is 23.4 Å². The summed E-state index contributed by atoms with van der Waals surface area (Å²) in [6.45, 7) is -0.424. The first-order valence-corrected chi connectivity index (χ1v) is 11.0. The summed E-state index contributed by atoms with van der Waals surface area (Å²) in [5, 5.41) is 35.0. The van der Waals surface area contributed by atoms with E-state index in [-0.39, 0.29) is 23.5 Å². The number of halogens is 4. The monoisotopic (exact) mass is 566 g/mol. The predicted molar refractivity (Wildman–Crippen MR) is 118 cm³/mol. The van der Waals surface area contributed by atoms with E-state index in [4.69, 9.17) is 14.6 Å². The van der Waals surface area contributed by atoms with Crippen LogP contribution in [0.5, 0.6) is 5.75 Å². The van der Waals surface area contributed by atoms with Crippen molar-refractivity contribution in [2.45, 2.75) is 37.4 Å². The molecule has 174 valence electrons. The Bertz CT molecular complexity index is 1040. The summed E-state index contributed by atoms with van der Waals surface area (Å²) in [4.78, 5) is 0. The van der Waals surface area contributed by atoms with Crippen molar-refractivity contribution in [2.75, 3.05) is 24.4 Å². The van der Waals surface area contributed by atoms with Crippen molar-refractivity contribution in [3.05, 3.63) is 45.3 Å². The second kappa shape index (κ2) is 8.52. The van der Waals surface area contributed by atoms with Gasteiger partial charge in [0.15, 0.2) is 11.6 Å². The van der Waals surface area contributed by atoms with E-state index < -0.39 is 53.3 Å². The third kappa shape index (κ3) is 4.36. The highest BCUT2D eigenvalue weighted by atomic mass is 127. The van der Waals surface area contributed by atoms with E-state index in [0.29, 0.717) is 16.4 Å². The van der Waals surface area contributed by atoms with Crippen molar-refractivity contribution in [3.63, 3.8) is 0 Å². The fourth-order valence-corrected chi connectivity index (χ4v) is 4.41. The van der Waals surface area contributed by atoms with Gasteiger partial charge in [0.05, 0.1) is 25.5 Å². The number of benzene rings is 2. The maximum atomic E-state index is 14.8. The van der Waals surface area contributed by atoms with Crippen LogP contribution in [-0.2, 0) is 4.74 Å². The number of hydrogen-bond donors (Lipinski definition) is 5. The van der Waals surface area contributed by atoms with Crippen LogP contribution in [0.4, 0.5) is 30.2 Å². The Morgan fingerprint density at radius 3 is 2.53 bits per heavy atom. The molecule has 0 spiro atoms. The van der Waals surface area contributed by atoms with Gasteiger partial charge in [-0.3, -0.25) is 0 Å². The molecule has 7 nitrogen and oxygen atoms in total. The zero-order valence-corrected chi connectivity index (χ0v) is 19.1. The lowest BCUT2D eigenvalue weighted by Crippen LogP contribution is -2.32. The van der Waals surface area contributed by atoms with Crippen LogP contribution in [0.3, 0.4) is 0 Å². The Kier molecular flexibility index (Phi) is 6.22. The van der Waals surface area contributed by atoms with Crippen molar-refractivity contribution >= 4 is 39.7 Å². The minimum Gasteiger partial charge on any atom is -0.494 e. The molecule has 1 saturated heterocycles. The second-order valence-corrected chi connectivity index (χ2v) is 9.34. The average Bonchev–Trinajstić information content (AvgIpc) is 3.66. The van der Waals surface area contributed by atoms with Gasteiger partial charge in [-0.1, -0.05) is 0 Å². The van der Waals surface area contributed by atoms with Gasteiger partial charge < -0.3 is 35.4 Å². The Labute approximate surface area is 195 Å². The Balaban J connectivity index is 1.66. The third-order valence-electron chi connectivity index (χ3n) is 5.80. The lowest BCUT2D eigenvalue weighted by atomic mass is 9.93. The van der Waals surface area contributed by atoms with E-state index in [2.05, 4.69) is 10.6 Å². The zero-order chi connectivity index (χ0) is 23.3. The molecule has 0 bridgehead atoms. The molecule has 0 amide bonds. The van der Waals surface area contributed by atoms with E-state index >= 15 is 0 Å². The van der Waals surface area contributed by atoms with Gasteiger partial charge >= 0.3 is 0 Å². The molecule has 0 radical (unpaired) electrons. The van der Waals surface area contributed by atoms with Crippen molar-refractivity contribution < 1.29 is 38.0 Å². The average molecular weight is 566 g/mol. The van der Waals surface area contributed by atoms with Crippen molar-refractivity contribution in [1.82, 2.24) is 0 Å². The van der Waals surface area contributed by atoms with Crippen LogP contribution in [0.1, 0.15) is 19.3 Å². The molecule has 1 aliphatic heterocycles. The molecule has 3 atom stereocenters. The summed E-state index contributed by atoms with van der Waals surface area (Å²) in [5.41, 5.74) is -1.28. The Morgan fingerprint density at radius 2 is 1.94 bits per heavy atom. The second-order valence-electron chi connectivity index (χ2n) is 8.10. The number of ether oxygens (including phenoxy) is 2. The number of aliphatic hydroxyl groups is 3. The summed E-state index contributed by atoms with van der Waals surface area (Å²) in [5.74, 6) is -5.29. The standard InChI is InChI=1S/C21H22F3IN2O5/c1-31-15-7-13(23)16(24)18(26-14-3-2-10(25)6-12(14)22)17(15)27-21(30)19(32-21)20(4-5-20)8-11(29)9-28/h2-3,6-7,11,19,26-30H,4-5,8-9H2,1H3/t11-,19?,21?/m0/s1. The van der Waals surface area contributed by atoms with Crippen molar-refractivity contribution in [1.29, 1.82) is 0 Å². The van der Waals surface area contributed by atoms with Gasteiger partial charge in [0.25, 0.3) is 5.91 Å². The van der Waals surface area contributed by atoms with Crippen molar-refractivity contribution in [2.24, 2.45) is 5.41 Å². The summed E-state index contributed by atoms with van der Waals surface area (Å²) in [7, 11) is 1.24. The highest BCUT2D eigenvalue weighted by molar-refractivity contribution is 14.1. The lowest BCUT2D eigenvalue weighted by molar-refractivity contribution is 0.0624. The summed E-state index contributed by atoms with van der Waals surface area (Å²) < 4.78 is 54.6. The smallest absolute Gasteiger partial charge is 0.275 e. The molecule has 4 rings (SSSR count). The number of aliphatic hydroxyl groups excluding tert-OH is 2. The molecule has 2 aliphatic rings. The minimum atomic E-state index is -1.94. The SMILES string of the molecule is COc1cc(F)c(F)c(Nc2ccc(I)cc2F)c1NC1(O)OC1C1(C[C@H](O)CO)CC1. The third-order valence-corrected chi connectivity index (χ3v) is 6.47. The lowest BCUT2D eigenvalue weighted by Gasteiger charge is -2.22. The van der Waals surface area contributed by atoms with Gasteiger partial charge in [0.2, 0.25) is 0 Å². The van der Waals surface area contributed by atoms with E-state index in [1.165, 1.54) is 19.2 Å². The Morgan fingerprint density at radius 1 is 1.22 bits per heavy atom. The van der Waals surface area contributed by atoms with Gasteiger partial charge in [-0.15, -0.1) is 0 Å². The summed E-state index contributed by atoms with van der Waals surface area (Å²) >= 11 is 1.92. The minimum absolute atomic E-state index is 0.106. The van der Waals surface area contributed by atoms with E-state index in [0.717, 1.165) is 6.07 Å². The van der Waals surface area contributed by atoms with Crippen LogP contribution in [0.2, 0.25) is 0 Å². The fourth-order valence-electron chi connectivity index (χ4n) is 3.96. The number of rotatable bonds is 9. The van der Waals surface area contributed by atoms with Gasteiger partial charge in [-0.2, -0.15) is 0 Å². The molecule has 2 aromatic rings. The number of nitrogens with one attached hydrogen (secondary N) is 2. The quantitative estimate of drug-likeness (QED) is 0.180. The normalized spacial score (nSPS) is 24.1. The molecule has 2 fully saturated rings. The first-order valence-electron chi connectivity index (χ1n) is 9.88. The van der Waals surface area contributed by atoms with E-state index in [1.54, 1.807) is 6.07 Å². The van der Waals surface area contributed by atoms with Crippen LogP contribution >= 0.6 is 22.6 Å². The summed E-state index contributed by atoms with van der Waals surface area (Å²) in [6.07, 6.45) is -0.188. The zero-order valence-electron chi connectivity index (χ0n) is 17.0. The number of anilines is 3. The molecule has 1 saturated carbocycles. The summed E-state index contributed by atoms with van der Waals surface area (Å²) in [6, 6.07) is 4.99. The van der Waals surface area contributed by atoms with E-state index in [1.807, 2.05) is 22.6 Å².